The largest absolute Gasteiger partial charge is 0.0848 e. The van der Waals surface area contributed by atoms with Crippen molar-refractivity contribution >= 4 is 0 Å². The molecule has 0 unspecified atom stereocenters. The normalized spacial score (nSPS) is 31.8. The van der Waals surface area contributed by atoms with E-state index in [1.807, 2.05) is 0 Å². The minimum atomic E-state index is 0.680. The molecule has 0 bridgehead atoms. The fourth-order valence-corrected chi connectivity index (χ4v) is 4.01. The van der Waals surface area contributed by atoms with Gasteiger partial charge in [0.15, 0.2) is 0 Å². The highest BCUT2D eigenvalue weighted by Crippen LogP contribution is 2.72. The van der Waals surface area contributed by atoms with Crippen LogP contribution in [0.1, 0.15) is 71.1 Å². The maximum Gasteiger partial charge on any atom is -0.00612 e. The van der Waals surface area contributed by atoms with Gasteiger partial charge in [0.25, 0.3) is 0 Å². The highest BCUT2D eigenvalue weighted by Gasteiger charge is 2.62. The van der Waals surface area contributed by atoms with E-state index in [0.717, 1.165) is 11.3 Å². The Hall–Kier alpha value is -0.260. The second-order valence-electron chi connectivity index (χ2n) is 6.55. The Balaban J connectivity index is 1.63. The summed E-state index contributed by atoms with van der Waals surface area (Å²) in [5.74, 6) is 0.930. The summed E-state index contributed by atoms with van der Waals surface area (Å²) in [6, 6.07) is 0. The van der Waals surface area contributed by atoms with E-state index in [9.17, 15) is 0 Å². The van der Waals surface area contributed by atoms with Gasteiger partial charge < -0.3 is 0 Å². The molecule has 0 radical (unpaired) electrons. The van der Waals surface area contributed by atoms with Crippen molar-refractivity contribution in [2.24, 2.45) is 16.7 Å². The quantitative estimate of drug-likeness (QED) is 0.576. The van der Waals surface area contributed by atoms with E-state index in [0.29, 0.717) is 5.41 Å². The molecule has 16 heavy (non-hydrogen) atoms. The SMILES string of the molecule is CCC1(C2(/C=C/C3CCCCC3)CC2)CC1. The second kappa shape index (κ2) is 3.89. The molecule has 0 heterocycles. The molecule has 0 aliphatic heterocycles. The predicted octanol–water partition coefficient (Wildman–Crippen LogP) is 5.09. The molecule has 0 N–H and O–H groups in total. The zero-order valence-electron chi connectivity index (χ0n) is 10.8. The van der Waals surface area contributed by atoms with Crippen molar-refractivity contribution in [3.8, 4) is 0 Å². The molecular formula is C16H26. The molecule has 0 aromatic rings. The van der Waals surface area contributed by atoms with Crippen molar-refractivity contribution in [1.29, 1.82) is 0 Å². The maximum atomic E-state index is 2.67. The smallest absolute Gasteiger partial charge is 0.00612 e. The summed E-state index contributed by atoms with van der Waals surface area (Å²) in [5, 5.41) is 0. The lowest BCUT2D eigenvalue weighted by atomic mass is 9.81. The summed E-state index contributed by atoms with van der Waals surface area (Å²) in [4.78, 5) is 0. The molecule has 0 atom stereocenters. The molecule has 0 saturated heterocycles. The lowest BCUT2D eigenvalue weighted by molar-refractivity contribution is 0.331. The first-order valence-electron chi connectivity index (χ1n) is 7.50. The average molecular weight is 218 g/mol. The van der Waals surface area contributed by atoms with Gasteiger partial charge in [-0.3, -0.25) is 0 Å². The number of hydrogen-bond acceptors (Lipinski definition) is 0. The zero-order valence-corrected chi connectivity index (χ0v) is 10.8. The van der Waals surface area contributed by atoms with Gasteiger partial charge in [-0.2, -0.15) is 0 Å². The summed E-state index contributed by atoms with van der Waals surface area (Å²) < 4.78 is 0. The van der Waals surface area contributed by atoms with Crippen LogP contribution in [0.25, 0.3) is 0 Å². The minimum absolute atomic E-state index is 0.680. The standard InChI is InChI=1S/C16H26/c1-2-15(10-11-15)16(12-13-16)9-8-14-6-4-3-5-7-14/h8-9,14H,2-7,10-13H2,1H3/b9-8+. The van der Waals surface area contributed by atoms with Gasteiger partial charge in [0.2, 0.25) is 0 Å². The third-order valence-corrected chi connectivity index (χ3v) is 5.71. The summed E-state index contributed by atoms with van der Waals surface area (Å²) in [6.45, 7) is 2.40. The van der Waals surface area contributed by atoms with Gasteiger partial charge >= 0.3 is 0 Å². The number of rotatable bonds is 4. The van der Waals surface area contributed by atoms with Gasteiger partial charge in [-0.15, -0.1) is 0 Å². The fraction of sp³-hybridized carbons (Fsp3) is 0.875. The lowest BCUT2D eigenvalue weighted by Gasteiger charge is -2.24. The Morgan fingerprint density at radius 3 is 2.19 bits per heavy atom. The summed E-state index contributed by atoms with van der Waals surface area (Å²) >= 11 is 0. The lowest BCUT2D eigenvalue weighted by Crippen LogP contribution is -2.14. The predicted molar refractivity (Wildman–Crippen MR) is 69.3 cm³/mol. The van der Waals surface area contributed by atoms with E-state index in [1.165, 1.54) is 64.2 Å². The Kier molecular flexibility index (Phi) is 2.64. The molecule has 3 saturated carbocycles. The van der Waals surface area contributed by atoms with Crippen molar-refractivity contribution in [3.05, 3.63) is 12.2 Å². The van der Waals surface area contributed by atoms with Crippen LogP contribution in [0.5, 0.6) is 0 Å². The molecule has 0 nitrogen and oxygen atoms in total. The maximum absolute atomic E-state index is 2.67. The van der Waals surface area contributed by atoms with E-state index >= 15 is 0 Å². The third kappa shape index (κ3) is 1.75. The molecule has 3 rings (SSSR count). The molecule has 3 aliphatic rings. The Morgan fingerprint density at radius 2 is 1.69 bits per heavy atom. The van der Waals surface area contributed by atoms with Gasteiger partial charge in [-0.05, 0) is 61.7 Å². The minimum Gasteiger partial charge on any atom is -0.0848 e. The van der Waals surface area contributed by atoms with Gasteiger partial charge in [0.1, 0.15) is 0 Å². The van der Waals surface area contributed by atoms with Crippen LogP contribution in [-0.2, 0) is 0 Å². The third-order valence-electron chi connectivity index (χ3n) is 5.71. The number of allylic oxidation sites excluding steroid dienone is 2. The van der Waals surface area contributed by atoms with E-state index in [1.54, 1.807) is 0 Å². The van der Waals surface area contributed by atoms with Crippen LogP contribution in [0.4, 0.5) is 0 Å². The van der Waals surface area contributed by atoms with Crippen LogP contribution in [0.3, 0.4) is 0 Å². The van der Waals surface area contributed by atoms with Crippen molar-refractivity contribution < 1.29 is 0 Å². The molecule has 0 spiro atoms. The van der Waals surface area contributed by atoms with Crippen LogP contribution in [-0.4, -0.2) is 0 Å². The first kappa shape index (κ1) is 10.9. The summed E-state index contributed by atoms with van der Waals surface area (Å²) in [7, 11) is 0. The van der Waals surface area contributed by atoms with Crippen molar-refractivity contribution in [2.75, 3.05) is 0 Å². The van der Waals surface area contributed by atoms with Crippen molar-refractivity contribution in [3.63, 3.8) is 0 Å². The van der Waals surface area contributed by atoms with E-state index < -0.39 is 0 Å². The first-order valence-corrected chi connectivity index (χ1v) is 7.50. The monoisotopic (exact) mass is 218 g/mol. The highest BCUT2D eigenvalue weighted by molar-refractivity contribution is 5.23. The molecule has 90 valence electrons. The van der Waals surface area contributed by atoms with Crippen molar-refractivity contribution in [1.82, 2.24) is 0 Å². The van der Waals surface area contributed by atoms with Gasteiger partial charge in [-0.25, -0.2) is 0 Å². The average Bonchev–Trinajstić information content (AvgIpc) is 3.21. The van der Waals surface area contributed by atoms with Gasteiger partial charge in [-0.1, -0.05) is 38.3 Å². The summed E-state index contributed by atoms with van der Waals surface area (Å²) in [5.41, 5.74) is 1.44. The van der Waals surface area contributed by atoms with Crippen molar-refractivity contribution in [2.45, 2.75) is 71.1 Å². The van der Waals surface area contributed by atoms with Crippen LogP contribution in [0.15, 0.2) is 12.2 Å². The van der Waals surface area contributed by atoms with Crippen LogP contribution in [0.2, 0.25) is 0 Å². The molecule has 0 amide bonds. The molecule has 0 heteroatoms. The summed E-state index contributed by atoms with van der Waals surface area (Å²) in [6.07, 6.45) is 20.1. The molecule has 0 aromatic carbocycles. The highest BCUT2D eigenvalue weighted by atomic mass is 14.7. The first-order chi connectivity index (χ1) is 7.80. The molecular weight excluding hydrogens is 192 g/mol. The molecule has 3 aliphatic carbocycles. The van der Waals surface area contributed by atoms with Gasteiger partial charge in [0.05, 0.1) is 0 Å². The van der Waals surface area contributed by atoms with Crippen LogP contribution >= 0.6 is 0 Å². The zero-order chi connectivity index (χ0) is 11.1. The molecule has 0 aromatic heterocycles. The topological polar surface area (TPSA) is 0 Å². The number of hydrogen-bond donors (Lipinski definition) is 0. The molecule has 3 fully saturated rings. The van der Waals surface area contributed by atoms with E-state index in [-0.39, 0.29) is 0 Å². The van der Waals surface area contributed by atoms with E-state index in [4.69, 9.17) is 0 Å². The fourth-order valence-electron chi connectivity index (χ4n) is 4.01. The van der Waals surface area contributed by atoms with Gasteiger partial charge in [0, 0.05) is 0 Å². The van der Waals surface area contributed by atoms with E-state index in [2.05, 4.69) is 19.1 Å². The Labute approximate surface area is 101 Å². The van der Waals surface area contributed by atoms with Crippen LogP contribution < -0.4 is 0 Å². The van der Waals surface area contributed by atoms with Crippen LogP contribution in [0, 0.1) is 16.7 Å². The second-order valence-corrected chi connectivity index (χ2v) is 6.55. The Morgan fingerprint density at radius 1 is 1.00 bits per heavy atom. The Bertz CT molecular complexity index is 272.